The minimum absolute atomic E-state index is 0.0743. The molecule has 0 bridgehead atoms. The van der Waals surface area contributed by atoms with Gasteiger partial charge >= 0.3 is 0 Å². The number of hydrogen-bond donors (Lipinski definition) is 0. The molecule has 1 aromatic carbocycles. The zero-order valence-electron chi connectivity index (χ0n) is 11.1. The quantitative estimate of drug-likeness (QED) is 0.825. The number of benzene rings is 1. The van der Waals surface area contributed by atoms with E-state index in [-0.39, 0.29) is 5.91 Å². The van der Waals surface area contributed by atoms with Gasteiger partial charge in [-0.25, -0.2) is 0 Å². The van der Waals surface area contributed by atoms with Crippen LogP contribution in [0.4, 0.5) is 0 Å². The molecular formula is C15H14BrNO2S. The molecule has 0 unspecified atom stereocenters. The van der Waals surface area contributed by atoms with E-state index in [2.05, 4.69) is 27.4 Å². The highest BCUT2D eigenvalue weighted by Gasteiger charge is 2.22. The SMILES string of the molecule is COc1ccc(C(=O)N2CCc3sccc3C2)cc1Br. The van der Waals surface area contributed by atoms with Crippen LogP contribution >= 0.6 is 27.3 Å². The smallest absolute Gasteiger partial charge is 0.254 e. The molecule has 1 amide bonds. The minimum atomic E-state index is 0.0743. The van der Waals surface area contributed by atoms with E-state index in [0.717, 1.165) is 23.2 Å². The molecular weight excluding hydrogens is 338 g/mol. The summed E-state index contributed by atoms with van der Waals surface area (Å²) in [6.45, 7) is 1.50. The molecule has 104 valence electrons. The number of carbonyl (C=O) groups is 1. The Labute approximate surface area is 130 Å². The average Bonchev–Trinajstić information content (AvgIpc) is 2.93. The lowest BCUT2D eigenvalue weighted by Gasteiger charge is -2.27. The standard InChI is InChI=1S/C15H14BrNO2S/c1-19-13-3-2-10(8-12(13)16)15(18)17-6-4-14-11(9-17)5-7-20-14/h2-3,5,7-8H,4,6,9H2,1H3. The first kappa shape index (κ1) is 13.6. The van der Waals surface area contributed by atoms with Crippen molar-refractivity contribution in [2.45, 2.75) is 13.0 Å². The predicted octanol–water partition coefficient (Wildman–Crippen LogP) is 3.72. The maximum atomic E-state index is 12.6. The van der Waals surface area contributed by atoms with Crippen LogP contribution in [0.3, 0.4) is 0 Å². The maximum absolute atomic E-state index is 12.6. The fourth-order valence-corrected chi connectivity index (χ4v) is 3.83. The van der Waals surface area contributed by atoms with Crippen molar-refractivity contribution in [1.29, 1.82) is 0 Å². The number of ether oxygens (including phenoxy) is 1. The number of amides is 1. The molecule has 2 aromatic rings. The Morgan fingerprint density at radius 1 is 1.40 bits per heavy atom. The monoisotopic (exact) mass is 351 g/mol. The van der Waals surface area contributed by atoms with Crippen LogP contribution in [0.25, 0.3) is 0 Å². The first-order chi connectivity index (χ1) is 9.69. The molecule has 0 saturated heterocycles. The highest BCUT2D eigenvalue weighted by atomic mass is 79.9. The van der Waals surface area contributed by atoms with E-state index >= 15 is 0 Å². The zero-order chi connectivity index (χ0) is 14.1. The van der Waals surface area contributed by atoms with Gasteiger partial charge in [0, 0.05) is 23.5 Å². The molecule has 1 aromatic heterocycles. The van der Waals surface area contributed by atoms with Crippen molar-refractivity contribution in [2.75, 3.05) is 13.7 Å². The van der Waals surface area contributed by atoms with E-state index in [4.69, 9.17) is 4.74 Å². The van der Waals surface area contributed by atoms with Crippen LogP contribution in [-0.4, -0.2) is 24.5 Å². The van der Waals surface area contributed by atoms with E-state index in [1.165, 1.54) is 10.4 Å². The lowest BCUT2D eigenvalue weighted by molar-refractivity contribution is 0.0736. The largest absolute Gasteiger partial charge is 0.496 e. The van der Waals surface area contributed by atoms with Crippen LogP contribution in [0.2, 0.25) is 0 Å². The normalized spacial score (nSPS) is 14.0. The Balaban J connectivity index is 1.81. The molecule has 0 spiro atoms. The average molecular weight is 352 g/mol. The van der Waals surface area contributed by atoms with Gasteiger partial charge in [0.2, 0.25) is 0 Å². The van der Waals surface area contributed by atoms with E-state index in [1.54, 1.807) is 18.4 Å². The molecule has 3 rings (SSSR count). The van der Waals surface area contributed by atoms with Crippen molar-refractivity contribution in [3.8, 4) is 5.75 Å². The molecule has 0 fully saturated rings. The predicted molar refractivity (Wildman–Crippen MR) is 83.5 cm³/mol. The molecule has 0 atom stereocenters. The van der Waals surface area contributed by atoms with E-state index in [0.29, 0.717) is 12.1 Å². The fraction of sp³-hybridized carbons (Fsp3) is 0.267. The van der Waals surface area contributed by atoms with Gasteiger partial charge in [-0.15, -0.1) is 11.3 Å². The molecule has 2 heterocycles. The Morgan fingerprint density at radius 3 is 3.00 bits per heavy atom. The Hall–Kier alpha value is -1.33. The molecule has 0 radical (unpaired) electrons. The summed E-state index contributed by atoms with van der Waals surface area (Å²) in [7, 11) is 1.62. The molecule has 20 heavy (non-hydrogen) atoms. The summed E-state index contributed by atoms with van der Waals surface area (Å²) in [5.74, 6) is 0.811. The van der Waals surface area contributed by atoms with Crippen molar-refractivity contribution in [2.24, 2.45) is 0 Å². The lowest BCUT2D eigenvalue weighted by atomic mass is 10.1. The molecule has 1 aliphatic rings. The topological polar surface area (TPSA) is 29.5 Å². The summed E-state index contributed by atoms with van der Waals surface area (Å²) in [6.07, 6.45) is 0.954. The van der Waals surface area contributed by atoms with Crippen LogP contribution < -0.4 is 4.74 Å². The third-order valence-electron chi connectivity index (χ3n) is 3.49. The van der Waals surface area contributed by atoms with Crippen LogP contribution in [0.5, 0.6) is 5.75 Å². The highest BCUT2D eigenvalue weighted by molar-refractivity contribution is 9.10. The van der Waals surface area contributed by atoms with Gasteiger partial charge in [0.15, 0.2) is 0 Å². The molecule has 0 aliphatic carbocycles. The van der Waals surface area contributed by atoms with Crippen molar-refractivity contribution < 1.29 is 9.53 Å². The second-order valence-electron chi connectivity index (χ2n) is 4.70. The number of hydrogen-bond acceptors (Lipinski definition) is 3. The van der Waals surface area contributed by atoms with E-state index < -0.39 is 0 Å². The Morgan fingerprint density at radius 2 is 2.25 bits per heavy atom. The molecule has 3 nitrogen and oxygen atoms in total. The summed E-state index contributed by atoms with van der Waals surface area (Å²) < 4.78 is 6.00. The molecule has 0 saturated carbocycles. The highest BCUT2D eigenvalue weighted by Crippen LogP contribution is 2.28. The molecule has 1 aliphatic heterocycles. The number of fused-ring (bicyclic) bond motifs is 1. The molecule has 0 N–H and O–H groups in total. The first-order valence-corrected chi connectivity index (χ1v) is 8.04. The van der Waals surface area contributed by atoms with Gasteiger partial charge in [0.1, 0.15) is 5.75 Å². The number of nitrogens with zero attached hydrogens (tertiary/aromatic N) is 1. The van der Waals surface area contributed by atoms with Crippen LogP contribution in [0.1, 0.15) is 20.8 Å². The third kappa shape index (κ3) is 2.47. The second kappa shape index (κ2) is 5.58. The lowest BCUT2D eigenvalue weighted by Crippen LogP contribution is -2.35. The summed E-state index contributed by atoms with van der Waals surface area (Å²) in [4.78, 5) is 15.9. The van der Waals surface area contributed by atoms with Gasteiger partial charge in [-0.2, -0.15) is 0 Å². The van der Waals surface area contributed by atoms with Crippen LogP contribution in [0, 0.1) is 0 Å². The summed E-state index contributed by atoms with van der Waals surface area (Å²) in [5.41, 5.74) is 1.97. The van der Waals surface area contributed by atoms with Crippen molar-refractivity contribution in [3.05, 3.63) is 50.1 Å². The zero-order valence-corrected chi connectivity index (χ0v) is 13.5. The maximum Gasteiger partial charge on any atom is 0.254 e. The number of halogens is 1. The Bertz CT molecular complexity index is 653. The van der Waals surface area contributed by atoms with E-state index in [9.17, 15) is 4.79 Å². The third-order valence-corrected chi connectivity index (χ3v) is 5.14. The van der Waals surface area contributed by atoms with E-state index in [1.807, 2.05) is 23.1 Å². The Kier molecular flexibility index (Phi) is 3.81. The van der Waals surface area contributed by atoms with Gasteiger partial charge in [-0.05, 0) is 57.6 Å². The number of rotatable bonds is 2. The van der Waals surface area contributed by atoms with Gasteiger partial charge in [0.05, 0.1) is 11.6 Å². The summed E-state index contributed by atoms with van der Waals surface area (Å²) >= 11 is 5.21. The fourth-order valence-electron chi connectivity index (χ4n) is 2.40. The van der Waals surface area contributed by atoms with Crippen LogP contribution in [0.15, 0.2) is 34.1 Å². The van der Waals surface area contributed by atoms with Crippen LogP contribution in [-0.2, 0) is 13.0 Å². The van der Waals surface area contributed by atoms with Gasteiger partial charge in [-0.1, -0.05) is 0 Å². The minimum Gasteiger partial charge on any atom is -0.496 e. The summed E-state index contributed by atoms with van der Waals surface area (Å²) in [5, 5.41) is 2.10. The number of methoxy groups -OCH3 is 1. The van der Waals surface area contributed by atoms with Crippen molar-refractivity contribution >= 4 is 33.2 Å². The number of thiophene rings is 1. The van der Waals surface area contributed by atoms with Gasteiger partial charge < -0.3 is 9.64 Å². The molecule has 5 heteroatoms. The first-order valence-electron chi connectivity index (χ1n) is 6.37. The van der Waals surface area contributed by atoms with Gasteiger partial charge in [0.25, 0.3) is 5.91 Å². The second-order valence-corrected chi connectivity index (χ2v) is 6.55. The van der Waals surface area contributed by atoms with Crippen molar-refractivity contribution in [1.82, 2.24) is 4.90 Å². The summed E-state index contributed by atoms with van der Waals surface area (Å²) in [6, 6.07) is 7.57. The van der Waals surface area contributed by atoms with Gasteiger partial charge in [-0.3, -0.25) is 4.79 Å². The number of carbonyl (C=O) groups excluding carboxylic acids is 1. The van der Waals surface area contributed by atoms with Crippen molar-refractivity contribution in [3.63, 3.8) is 0 Å².